The van der Waals surface area contributed by atoms with E-state index in [2.05, 4.69) is 36.4 Å². The van der Waals surface area contributed by atoms with Crippen molar-refractivity contribution < 1.29 is 0 Å². The summed E-state index contributed by atoms with van der Waals surface area (Å²) in [5.41, 5.74) is 1.85. The average molecular weight is 286 g/mol. The summed E-state index contributed by atoms with van der Waals surface area (Å²) >= 11 is 12.6. The standard InChI is InChI=1S/C13H17Cl2N3/c1-13(2,3)8-6-9(14)11(10(15)7-8)18-12-16-4-5-17-12/h6-7H,4-5H2,1-3H3,(H2,16,17,18). The van der Waals surface area contributed by atoms with Crippen molar-refractivity contribution in [1.29, 1.82) is 0 Å². The van der Waals surface area contributed by atoms with Crippen LogP contribution in [0.1, 0.15) is 26.3 Å². The van der Waals surface area contributed by atoms with Gasteiger partial charge in [0.1, 0.15) is 0 Å². The summed E-state index contributed by atoms with van der Waals surface area (Å²) < 4.78 is 0. The van der Waals surface area contributed by atoms with Gasteiger partial charge in [0, 0.05) is 6.54 Å². The molecule has 0 bridgehead atoms. The van der Waals surface area contributed by atoms with E-state index in [1.54, 1.807) is 0 Å². The lowest BCUT2D eigenvalue weighted by atomic mass is 9.87. The number of nitrogens with one attached hydrogen (secondary N) is 2. The summed E-state index contributed by atoms with van der Waals surface area (Å²) in [5, 5.41) is 7.49. The molecule has 2 rings (SSSR count). The first-order chi connectivity index (χ1) is 8.38. The Morgan fingerprint density at radius 2 is 1.83 bits per heavy atom. The molecule has 3 nitrogen and oxygen atoms in total. The van der Waals surface area contributed by atoms with E-state index in [9.17, 15) is 0 Å². The second kappa shape index (κ2) is 4.98. The highest BCUT2D eigenvalue weighted by atomic mass is 35.5. The highest BCUT2D eigenvalue weighted by Gasteiger charge is 2.18. The van der Waals surface area contributed by atoms with Crippen molar-refractivity contribution in [2.45, 2.75) is 26.2 Å². The minimum Gasteiger partial charge on any atom is -0.354 e. The normalized spacial score (nSPS) is 15.3. The first-order valence-electron chi connectivity index (χ1n) is 5.93. The van der Waals surface area contributed by atoms with Crippen LogP contribution < -0.4 is 10.6 Å². The molecular formula is C13H17Cl2N3. The first kappa shape index (κ1) is 13.5. The summed E-state index contributed by atoms with van der Waals surface area (Å²) in [6, 6.07) is 3.90. The summed E-state index contributed by atoms with van der Waals surface area (Å²) in [6.45, 7) is 8.01. The lowest BCUT2D eigenvalue weighted by Crippen LogP contribution is -2.26. The van der Waals surface area contributed by atoms with Crippen LogP contribution in [0, 0.1) is 0 Å². The van der Waals surface area contributed by atoms with Crippen LogP contribution in [-0.2, 0) is 5.41 Å². The molecular weight excluding hydrogens is 269 g/mol. The van der Waals surface area contributed by atoms with Gasteiger partial charge in [-0.05, 0) is 23.1 Å². The van der Waals surface area contributed by atoms with Crippen molar-refractivity contribution >= 4 is 34.8 Å². The van der Waals surface area contributed by atoms with E-state index in [0.29, 0.717) is 15.7 Å². The molecule has 1 aromatic carbocycles. The van der Waals surface area contributed by atoms with Crippen molar-refractivity contribution in [3.05, 3.63) is 27.7 Å². The van der Waals surface area contributed by atoms with E-state index in [4.69, 9.17) is 23.2 Å². The highest BCUT2D eigenvalue weighted by Crippen LogP contribution is 2.36. The Balaban J connectivity index is 2.32. The van der Waals surface area contributed by atoms with E-state index in [0.717, 1.165) is 24.6 Å². The van der Waals surface area contributed by atoms with Gasteiger partial charge in [0.15, 0.2) is 5.96 Å². The topological polar surface area (TPSA) is 36.4 Å². The molecule has 2 N–H and O–H groups in total. The third-order valence-corrected chi connectivity index (χ3v) is 3.42. The molecule has 1 aromatic rings. The molecule has 0 radical (unpaired) electrons. The van der Waals surface area contributed by atoms with Crippen LogP contribution in [0.3, 0.4) is 0 Å². The van der Waals surface area contributed by atoms with Crippen LogP contribution in [0.5, 0.6) is 0 Å². The van der Waals surface area contributed by atoms with Gasteiger partial charge in [0.2, 0.25) is 0 Å². The van der Waals surface area contributed by atoms with Crippen LogP contribution in [0.15, 0.2) is 17.1 Å². The number of benzene rings is 1. The maximum absolute atomic E-state index is 6.29. The van der Waals surface area contributed by atoms with E-state index in [1.807, 2.05) is 12.1 Å². The number of halogens is 2. The molecule has 0 saturated heterocycles. The highest BCUT2D eigenvalue weighted by molar-refractivity contribution is 6.40. The minimum atomic E-state index is 0.0228. The summed E-state index contributed by atoms with van der Waals surface area (Å²) in [6.07, 6.45) is 0. The van der Waals surface area contributed by atoms with Crippen LogP contribution in [0.2, 0.25) is 10.0 Å². The van der Waals surface area contributed by atoms with Crippen LogP contribution in [0.4, 0.5) is 5.69 Å². The van der Waals surface area contributed by atoms with Gasteiger partial charge in [-0.25, -0.2) is 0 Å². The lowest BCUT2D eigenvalue weighted by molar-refractivity contribution is 0.590. The van der Waals surface area contributed by atoms with E-state index in [-0.39, 0.29) is 5.41 Å². The van der Waals surface area contributed by atoms with Crippen molar-refractivity contribution in [2.24, 2.45) is 4.99 Å². The number of guanidine groups is 1. The molecule has 0 atom stereocenters. The van der Waals surface area contributed by atoms with Crippen LogP contribution in [-0.4, -0.2) is 19.0 Å². The summed E-state index contributed by atoms with van der Waals surface area (Å²) in [4.78, 5) is 4.26. The largest absolute Gasteiger partial charge is 0.354 e. The SMILES string of the molecule is CC(C)(C)c1cc(Cl)c(NC2=NCCN2)c(Cl)c1. The Morgan fingerprint density at radius 3 is 2.28 bits per heavy atom. The Bertz CT molecular complexity index is 466. The molecule has 0 saturated carbocycles. The quantitative estimate of drug-likeness (QED) is 0.826. The fraction of sp³-hybridized carbons (Fsp3) is 0.462. The predicted octanol–water partition coefficient (Wildman–Crippen LogP) is 3.66. The first-order valence-corrected chi connectivity index (χ1v) is 6.68. The molecule has 98 valence electrons. The molecule has 0 spiro atoms. The van der Waals surface area contributed by atoms with Crippen LogP contribution >= 0.6 is 23.2 Å². The predicted molar refractivity (Wildman–Crippen MR) is 79.1 cm³/mol. The number of nitrogens with zero attached hydrogens (tertiary/aromatic N) is 1. The maximum Gasteiger partial charge on any atom is 0.196 e. The van der Waals surface area contributed by atoms with Gasteiger partial charge in [-0.1, -0.05) is 44.0 Å². The number of hydrogen-bond acceptors (Lipinski definition) is 3. The second-order valence-corrected chi connectivity index (χ2v) is 6.16. The van der Waals surface area contributed by atoms with Crippen molar-refractivity contribution in [3.8, 4) is 0 Å². The number of anilines is 1. The van der Waals surface area contributed by atoms with Crippen molar-refractivity contribution in [2.75, 3.05) is 18.4 Å². The maximum atomic E-state index is 6.29. The third kappa shape index (κ3) is 2.90. The molecule has 0 aliphatic carbocycles. The minimum absolute atomic E-state index is 0.0228. The fourth-order valence-corrected chi connectivity index (χ4v) is 2.31. The van der Waals surface area contributed by atoms with Crippen molar-refractivity contribution in [3.63, 3.8) is 0 Å². The van der Waals surface area contributed by atoms with E-state index in [1.165, 1.54) is 0 Å². The zero-order chi connectivity index (χ0) is 13.3. The van der Waals surface area contributed by atoms with Gasteiger partial charge >= 0.3 is 0 Å². The molecule has 1 aliphatic heterocycles. The summed E-state index contributed by atoms with van der Waals surface area (Å²) in [7, 11) is 0. The van der Waals surface area contributed by atoms with E-state index < -0.39 is 0 Å². The molecule has 0 unspecified atom stereocenters. The lowest BCUT2D eigenvalue weighted by Gasteiger charge is -2.21. The Morgan fingerprint density at radius 1 is 1.22 bits per heavy atom. The molecule has 5 heteroatoms. The summed E-state index contributed by atoms with van der Waals surface area (Å²) in [5.74, 6) is 0.724. The van der Waals surface area contributed by atoms with Gasteiger partial charge in [-0.15, -0.1) is 0 Å². The number of hydrogen-bond donors (Lipinski definition) is 2. The van der Waals surface area contributed by atoms with Gasteiger partial charge < -0.3 is 10.6 Å². The van der Waals surface area contributed by atoms with Gasteiger partial charge in [0.25, 0.3) is 0 Å². The third-order valence-electron chi connectivity index (χ3n) is 2.83. The Labute approximate surface area is 118 Å². The molecule has 0 aromatic heterocycles. The fourth-order valence-electron chi connectivity index (χ4n) is 1.73. The van der Waals surface area contributed by atoms with Gasteiger partial charge in [-0.2, -0.15) is 0 Å². The van der Waals surface area contributed by atoms with E-state index >= 15 is 0 Å². The van der Waals surface area contributed by atoms with Gasteiger partial charge in [-0.3, -0.25) is 4.99 Å². The average Bonchev–Trinajstić information content (AvgIpc) is 2.74. The van der Waals surface area contributed by atoms with Crippen molar-refractivity contribution in [1.82, 2.24) is 5.32 Å². The molecule has 1 aliphatic rings. The Kier molecular flexibility index (Phi) is 3.74. The Hall–Kier alpha value is -0.930. The molecule has 0 fully saturated rings. The van der Waals surface area contributed by atoms with Crippen LogP contribution in [0.25, 0.3) is 0 Å². The smallest absolute Gasteiger partial charge is 0.196 e. The van der Waals surface area contributed by atoms with Gasteiger partial charge in [0.05, 0.1) is 22.3 Å². The molecule has 18 heavy (non-hydrogen) atoms. The second-order valence-electron chi connectivity index (χ2n) is 5.35. The molecule has 0 amide bonds. The number of aliphatic imine (C=N–C) groups is 1. The zero-order valence-corrected chi connectivity index (χ0v) is 12.3. The molecule has 1 heterocycles. The monoisotopic (exact) mass is 285 g/mol. The zero-order valence-electron chi connectivity index (χ0n) is 10.8. The number of rotatable bonds is 1.